The lowest BCUT2D eigenvalue weighted by atomic mass is 9.87. The molecule has 0 saturated carbocycles. The van der Waals surface area contributed by atoms with Crippen LogP contribution in [0.3, 0.4) is 0 Å². The smallest absolute Gasteiger partial charge is 0.407 e. The van der Waals surface area contributed by atoms with Crippen LogP contribution in [-0.4, -0.2) is 81.3 Å². The molecule has 2 aliphatic rings. The minimum atomic E-state index is -4.05. The summed E-state index contributed by atoms with van der Waals surface area (Å²) in [5, 5.41) is 14.4. The van der Waals surface area contributed by atoms with E-state index < -0.39 is 39.8 Å². The number of nitrogens with two attached hydrogens (primary N) is 2. The summed E-state index contributed by atoms with van der Waals surface area (Å²) < 4.78 is 46.1. The van der Waals surface area contributed by atoms with Crippen molar-refractivity contribution in [1.29, 1.82) is 0 Å². The number of aliphatic hydroxyl groups excluding tert-OH is 1. The third-order valence-electron chi connectivity index (χ3n) is 8.11. The first-order valence-corrected chi connectivity index (χ1v) is 16.4. The SMILES string of the molecule is CC(C)(CCCCN)CN(C[C@H](O)[C@H](Cc1ccccc1)NC(=O)O[C@H]1CO[C@H]2OCC[C@H]21)S(=O)(=O)c1cccc(N)c1. The predicted molar refractivity (Wildman–Crippen MR) is 163 cm³/mol. The molecule has 2 aromatic rings. The highest BCUT2D eigenvalue weighted by atomic mass is 32.2. The van der Waals surface area contributed by atoms with E-state index in [-0.39, 0.29) is 43.2 Å². The van der Waals surface area contributed by atoms with Crippen molar-refractivity contribution < 1.29 is 32.5 Å². The van der Waals surface area contributed by atoms with Gasteiger partial charge in [0.2, 0.25) is 10.0 Å². The monoisotopic (exact) mass is 618 g/mol. The fourth-order valence-corrected chi connectivity index (χ4v) is 7.44. The number of anilines is 1. The number of hydrogen-bond donors (Lipinski definition) is 4. The normalized spacial score (nSPS) is 21.8. The molecule has 11 nitrogen and oxygen atoms in total. The highest BCUT2D eigenvalue weighted by Crippen LogP contribution is 2.33. The van der Waals surface area contributed by atoms with Crippen molar-refractivity contribution in [3.8, 4) is 0 Å². The number of ether oxygens (including phenoxy) is 3. The summed E-state index contributed by atoms with van der Waals surface area (Å²) in [6, 6.07) is 14.7. The van der Waals surface area contributed by atoms with Crippen LogP contribution in [0.1, 0.15) is 45.1 Å². The summed E-state index contributed by atoms with van der Waals surface area (Å²) in [7, 11) is -4.05. The van der Waals surface area contributed by atoms with Gasteiger partial charge < -0.3 is 36.1 Å². The molecule has 0 radical (unpaired) electrons. The van der Waals surface area contributed by atoms with Crippen molar-refractivity contribution in [1.82, 2.24) is 9.62 Å². The van der Waals surface area contributed by atoms with Crippen LogP contribution in [0.2, 0.25) is 0 Å². The first kappa shape index (κ1) is 33.2. The van der Waals surface area contributed by atoms with E-state index in [0.29, 0.717) is 18.8 Å². The van der Waals surface area contributed by atoms with E-state index >= 15 is 0 Å². The zero-order valence-electron chi connectivity index (χ0n) is 25.1. The van der Waals surface area contributed by atoms with E-state index in [1.807, 2.05) is 44.2 Å². The van der Waals surface area contributed by atoms with Gasteiger partial charge in [-0.2, -0.15) is 4.31 Å². The van der Waals surface area contributed by atoms with E-state index in [9.17, 15) is 18.3 Å². The third-order valence-corrected chi connectivity index (χ3v) is 9.92. The minimum absolute atomic E-state index is 0.0382. The highest BCUT2D eigenvalue weighted by Gasteiger charge is 2.44. The minimum Gasteiger partial charge on any atom is -0.443 e. The molecule has 2 fully saturated rings. The maximum atomic E-state index is 14.0. The zero-order valence-corrected chi connectivity index (χ0v) is 25.9. The number of carbonyl (C=O) groups excluding carboxylic acids is 1. The van der Waals surface area contributed by atoms with Crippen molar-refractivity contribution in [2.75, 3.05) is 38.6 Å². The zero-order chi connectivity index (χ0) is 31.0. The number of hydrogen-bond acceptors (Lipinski definition) is 9. The molecule has 43 heavy (non-hydrogen) atoms. The number of alkyl carbamates (subject to hydrolysis) is 1. The number of sulfonamides is 1. The topological polar surface area (TPSA) is 166 Å². The summed E-state index contributed by atoms with van der Waals surface area (Å²) in [4.78, 5) is 13.2. The van der Waals surface area contributed by atoms with Crippen molar-refractivity contribution in [3.05, 3.63) is 60.2 Å². The lowest BCUT2D eigenvalue weighted by molar-refractivity contribution is -0.0907. The molecule has 0 aliphatic carbocycles. The number of fused-ring (bicyclic) bond motifs is 1. The van der Waals surface area contributed by atoms with E-state index in [4.69, 9.17) is 25.7 Å². The predicted octanol–water partition coefficient (Wildman–Crippen LogP) is 2.87. The van der Waals surface area contributed by atoms with Gasteiger partial charge in [-0.3, -0.25) is 0 Å². The number of aliphatic hydroxyl groups is 1. The van der Waals surface area contributed by atoms with Gasteiger partial charge in [0.05, 0.1) is 36.2 Å². The average Bonchev–Trinajstić information content (AvgIpc) is 3.58. The van der Waals surface area contributed by atoms with Crippen LogP contribution in [-0.2, 0) is 30.7 Å². The van der Waals surface area contributed by atoms with Crippen LogP contribution in [0, 0.1) is 11.3 Å². The largest absolute Gasteiger partial charge is 0.443 e. The molecule has 0 bridgehead atoms. The summed E-state index contributed by atoms with van der Waals surface area (Å²) in [5.74, 6) is -0.0382. The Bertz CT molecular complexity index is 1290. The number of nitrogen functional groups attached to an aromatic ring is 1. The molecule has 6 N–H and O–H groups in total. The van der Waals surface area contributed by atoms with Crippen molar-refractivity contribution in [3.63, 3.8) is 0 Å². The molecular formula is C31H46N4O7S. The molecule has 0 spiro atoms. The average molecular weight is 619 g/mol. The number of nitrogens with zero attached hydrogens (tertiary/aromatic N) is 1. The van der Waals surface area contributed by atoms with Gasteiger partial charge in [0, 0.05) is 18.8 Å². The van der Waals surface area contributed by atoms with Gasteiger partial charge in [-0.25, -0.2) is 13.2 Å². The molecule has 2 aromatic carbocycles. The molecule has 4 rings (SSSR count). The number of unbranched alkanes of at least 4 members (excludes halogenated alkanes) is 1. The van der Waals surface area contributed by atoms with E-state index in [1.54, 1.807) is 12.1 Å². The lowest BCUT2D eigenvalue weighted by Crippen LogP contribution is -2.52. The molecule has 2 aliphatic heterocycles. The molecule has 2 heterocycles. The Hall–Kier alpha value is -2.74. The van der Waals surface area contributed by atoms with Crippen LogP contribution in [0.4, 0.5) is 10.5 Å². The van der Waals surface area contributed by atoms with Crippen LogP contribution in [0.25, 0.3) is 0 Å². The fraction of sp³-hybridized carbons (Fsp3) is 0.581. The Labute approximate surface area is 254 Å². The number of nitrogens with one attached hydrogen (secondary N) is 1. The Kier molecular flexibility index (Phi) is 11.4. The molecule has 238 valence electrons. The molecular weight excluding hydrogens is 572 g/mol. The second kappa shape index (κ2) is 14.8. The Morgan fingerprint density at radius 1 is 1.16 bits per heavy atom. The Balaban J connectivity index is 1.55. The molecule has 1 amide bonds. The Morgan fingerprint density at radius 3 is 2.65 bits per heavy atom. The van der Waals surface area contributed by atoms with Crippen LogP contribution in [0.5, 0.6) is 0 Å². The first-order valence-electron chi connectivity index (χ1n) is 15.0. The fourth-order valence-electron chi connectivity index (χ4n) is 5.73. The molecule has 12 heteroatoms. The summed E-state index contributed by atoms with van der Waals surface area (Å²) in [6.45, 7) is 5.24. The van der Waals surface area contributed by atoms with Crippen LogP contribution < -0.4 is 16.8 Å². The van der Waals surface area contributed by atoms with Gasteiger partial charge in [0.25, 0.3) is 0 Å². The number of benzene rings is 2. The van der Waals surface area contributed by atoms with E-state index in [2.05, 4.69) is 5.32 Å². The van der Waals surface area contributed by atoms with Gasteiger partial charge in [-0.1, -0.05) is 56.7 Å². The first-order chi connectivity index (χ1) is 20.5. The van der Waals surface area contributed by atoms with Gasteiger partial charge in [0.1, 0.15) is 6.10 Å². The lowest BCUT2D eigenvalue weighted by Gasteiger charge is -2.35. The second-order valence-electron chi connectivity index (χ2n) is 12.3. The summed E-state index contributed by atoms with van der Waals surface area (Å²) >= 11 is 0. The standard InChI is InChI=1S/C31H46N4O7S/c1-31(2,14-6-7-15-32)21-35(43(38,39)24-12-8-11-23(33)18-24)19-27(36)26(17-22-9-4-3-5-10-22)34-30(37)42-28-20-41-29-25(28)13-16-40-29/h3-5,8-12,18,25-29,36H,6-7,13-17,19-21,32-33H2,1-2H3,(H,34,37)/t25-,26-,27-,28-,29+/m0/s1. The molecule has 0 unspecified atom stereocenters. The van der Waals surface area contributed by atoms with Crippen LogP contribution in [0.15, 0.2) is 59.5 Å². The van der Waals surface area contributed by atoms with Crippen molar-refractivity contribution in [2.45, 2.75) is 75.4 Å². The van der Waals surface area contributed by atoms with Crippen LogP contribution >= 0.6 is 0 Å². The van der Waals surface area contributed by atoms with Crippen molar-refractivity contribution >= 4 is 21.8 Å². The van der Waals surface area contributed by atoms with E-state index in [1.165, 1.54) is 16.4 Å². The summed E-state index contributed by atoms with van der Waals surface area (Å²) in [5.41, 5.74) is 12.4. The van der Waals surface area contributed by atoms with Gasteiger partial charge in [-0.05, 0) is 61.4 Å². The quantitative estimate of drug-likeness (QED) is 0.173. The molecule has 5 atom stereocenters. The van der Waals surface area contributed by atoms with E-state index in [0.717, 1.165) is 31.2 Å². The highest BCUT2D eigenvalue weighted by molar-refractivity contribution is 7.89. The second-order valence-corrected chi connectivity index (χ2v) is 14.2. The number of amides is 1. The number of carbonyl (C=O) groups is 1. The number of rotatable bonds is 15. The van der Waals surface area contributed by atoms with Gasteiger partial charge >= 0.3 is 6.09 Å². The maximum absolute atomic E-state index is 14.0. The van der Waals surface area contributed by atoms with Gasteiger partial charge in [-0.15, -0.1) is 0 Å². The van der Waals surface area contributed by atoms with Gasteiger partial charge in [0.15, 0.2) is 6.29 Å². The molecule has 0 aromatic heterocycles. The Morgan fingerprint density at radius 2 is 1.93 bits per heavy atom. The van der Waals surface area contributed by atoms with Crippen molar-refractivity contribution in [2.24, 2.45) is 17.1 Å². The molecule has 2 saturated heterocycles. The third kappa shape index (κ3) is 9.13. The maximum Gasteiger partial charge on any atom is 0.407 e. The summed E-state index contributed by atoms with van der Waals surface area (Å²) in [6.07, 6.45) is 0.629.